The monoisotopic (exact) mass is 620 g/mol. The number of carbonyl (C=O) groups is 3. The third-order valence-corrected chi connectivity index (χ3v) is 9.73. The van der Waals surface area contributed by atoms with E-state index in [4.69, 9.17) is 9.84 Å². The Hall–Kier alpha value is -3.47. The zero-order chi connectivity index (χ0) is 31.8. The van der Waals surface area contributed by atoms with Crippen LogP contribution in [0.5, 0.6) is 11.5 Å². The maximum atomic E-state index is 13.9. The van der Waals surface area contributed by atoms with Gasteiger partial charge in [0.1, 0.15) is 23.1 Å². The molecule has 2 aromatic carbocycles. The van der Waals surface area contributed by atoms with Gasteiger partial charge in [-0.2, -0.15) is 0 Å². The Morgan fingerprint density at radius 1 is 1.02 bits per heavy atom. The van der Waals surface area contributed by atoms with Crippen molar-refractivity contribution in [3.63, 3.8) is 0 Å². The minimum absolute atomic E-state index is 0.0605. The van der Waals surface area contributed by atoms with Crippen LogP contribution in [-0.2, 0) is 16.1 Å². The number of nitrogens with zero attached hydrogens (tertiary/aromatic N) is 2. The highest BCUT2D eigenvalue weighted by Gasteiger charge is 2.55. The summed E-state index contributed by atoms with van der Waals surface area (Å²) in [6.07, 6.45) is 7.16. The predicted molar refractivity (Wildman–Crippen MR) is 171 cm³/mol. The molecule has 244 valence electrons. The lowest BCUT2D eigenvalue weighted by atomic mass is 9.78. The Balaban J connectivity index is 1.17. The number of amides is 3. The van der Waals surface area contributed by atoms with E-state index in [1.54, 1.807) is 24.3 Å². The van der Waals surface area contributed by atoms with Crippen LogP contribution in [0.2, 0.25) is 0 Å². The van der Waals surface area contributed by atoms with Crippen LogP contribution in [0.3, 0.4) is 0 Å². The molecule has 5 rings (SSSR count). The summed E-state index contributed by atoms with van der Waals surface area (Å²) in [7, 11) is 0. The third kappa shape index (κ3) is 7.68. The lowest BCUT2D eigenvalue weighted by molar-refractivity contribution is -0.166. The van der Waals surface area contributed by atoms with Crippen LogP contribution in [0.1, 0.15) is 80.6 Å². The van der Waals surface area contributed by atoms with Crippen molar-refractivity contribution >= 4 is 17.7 Å². The average molecular weight is 621 g/mol. The number of ether oxygens (including phenoxy) is 1. The molecule has 2 aliphatic heterocycles. The van der Waals surface area contributed by atoms with E-state index in [1.807, 2.05) is 29.2 Å². The topological polar surface area (TPSA) is 131 Å². The minimum atomic E-state index is -0.863. The Bertz CT molecular complexity index is 1290. The summed E-state index contributed by atoms with van der Waals surface area (Å²) in [6.45, 7) is 4.83. The smallest absolute Gasteiger partial charge is 0.251 e. The molecule has 1 aliphatic carbocycles. The van der Waals surface area contributed by atoms with E-state index < -0.39 is 17.7 Å². The second-order valence-corrected chi connectivity index (χ2v) is 12.7. The number of piperidine rings is 1. The van der Waals surface area contributed by atoms with Crippen molar-refractivity contribution in [3.05, 3.63) is 59.7 Å². The van der Waals surface area contributed by atoms with E-state index in [9.17, 15) is 19.5 Å². The first-order chi connectivity index (χ1) is 21.8. The molecule has 2 aromatic rings. The van der Waals surface area contributed by atoms with Crippen LogP contribution >= 0.6 is 0 Å². The Labute approximate surface area is 266 Å². The normalized spacial score (nSPS) is 21.4. The molecule has 0 aromatic heterocycles. The van der Waals surface area contributed by atoms with E-state index in [1.165, 1.54) is 6.42 Å². The number of likely N-dealkylation sites (tertiary alicyclic amines) is 1. The molecular weight excluding hydrogens is 572 g/mol. The van der Waals surface area contributed by atoms with Crippen molar-refractivity contribution in [2.75, 3.05) is 32.8 Å². The van der Waals surface area contributed by atoms with Gasteiger partial charge in [-0.15, -0.1) is 0 Å². The molecule has 2 heterocycles. The summed E-state index contributed by atoms with van der Waals surface area (Å²) in [5, 5.41) is 25.7. The molecule has 0 unspecified atom stereocenters. The molecular formula is C35H48N4O6. The van der Waals surface area contributed by atoms with Gasteiger partial charge in [0.15, 0.2) is 0 Å². The first-order valence-electron chi connectivity index (χ1n) is 16.6. The number of unbranched alkanes of at least 4 members (excludes halogenated alkanes) is 1. The number of aliphatic hydroxyl groups is 2. The SMILES string of the molecule is CCCCN1C(=O)[C@H]([C@H](O)C2CCCCC2)NC(=O)C12CCN(Cc1ccc(Oc3ccc(C(=O)NCCO)cc3)cc1)CC2. The Morgan fingerprint density at radius 3 is 2.29 bits per heavy atom. The van der Waals surface area contributed by atoms with Crippen LogP contribution < -0.4 is 15.4 Å². The van der Waals surface area contributed by atoms with Gasteiger partial charge in [-0.25, -0.2) is 0 Å². The quantitative estimate of drug-likeness (QED) is 0.285. The van der Waals surface area contributed by atoms with Crippen LogP contribution in [0.25, 0.3) is 0 Å². The molecule has 4 N–H and O–H groups in total. The molecule has 10 nitrogen and oxygen atoms in total. The summed E-state index contributed by atoms with van der Waals surface area (Å²) in [5.41, 5.74) is 0.755. The van der Waals surface area contributed by atoms with Gasteiger partial charge < -0.3 is 30.5 Å². The van der Waals surface area contributed by atoms with Crippen molar-refractivity contribution in [1.29, 1.82) is 0 Å². The van der Waals surface area contributed by atoms with Gasteiger partial charge >= 0.3 is 0 Å². The van der Waals surface area contributed by atoms with Crippen LogP contribution in [0, 0.1) is 5.92 Å². The van der Waals surface area contributed by atoms with Gasteiger partial charge in [-0.3, -0.25) is 19.3 Å². The number of carbonyl (C=O) groups excluding carboxylic acids is 3. The minimum Gasteiger partial charge on any atom is -0.457 e. The fraction of sp³-hybridized carbons (Fsp3) is 0.571. The molecule has 3 aliphatic rings. The maximum Gasteiger partial charge on any atom is 0.251 e. The molecule has 2 saturated heterocycles. The highest BCUT2D eigenvalue weighted by atomic mass is 16.5. The van der Waals surface area contributed by atoms with E-state index in [-0.39, 0.29) is 36.8 Å². The number of hydrogen-bond acceptors (Lipinski definition) is 7. The number of aliphatic hydroxyl groups excluding tert-OH is 2. The number of benzene rings is 2. The molecule has 0 bridgehead atoms. The van der Waals surface area contributed by atoms with E-state index in [0.717, 1.165) is 50.6 Å². The first kappa shape index (κ1) is 32.9. The van der Waals surface area contributed by atoms with Crippen molar-refractivity contribution in [2.45, 2.75) is 88.9 Å². The average Bonchev–Trinajstić information content (AvgIpc) is 3.07. The molecule has 45 heavy (non-hydrogen) atoms. The summed E-state index contributed by atoms with van der Waals surface area (Å²) in [6, 6.07) is 13.9. The fourth-order valence-corrected chi connectivity index (χ4v) is 7.04. The molecule has 1 spiro atoms. The lowest BCUT2D eigenvalue weighted by Gasteiger charge is -2.52. The number of piperazine rings is 1. The highest BCUT2D eigenvalue weighted by Crippen LogP contribution is 2.36. The van der Waals surface area contributed by atoms with Gasteiger partial charge in [-0.05, 0) is 80.0 Å². The second kappa shape index (κ2) is 15.2. The van der Waals surface area contributed by atoms with Gasteiger partial charge in [0.25, 0.3) is 5.91 Å². The molecule has 3 fully saturated rings. The molecule has 1 saturated carbocycles. The lowest BCUT2D eigenvalue weighted by Crippen LogP contribution is -2.75. The number of rotatable bonds is 12. The maximum absolute atomic E-state index is 13.9. The fourth-order valence-electron chi connectivity index (χ4n) is 7.04. The van der Waals surface area contributed by atoms with Gasteiger partial charge in [0.2, 0.25) is 11.8 Å². The van der Waals surface area contributed by atoms with Crippen LogP contribution in [0.15, 0.2) is 48.5 Å². The van der Waals surface area contributed by atoms with Crippen molar-refractivity contribution < 1.29 is 29.3 Å². The standard InChI is InChI=1S/C35H48N4O6/c1-2-3-20-39-33(43)30(31(41)26-7-5-4-6-8-26)37-34(44)35(39)17-21-38(22-18-35)24-25-9-13-28(14-10-25)45-29-15-11-27(12-16-29)32(42)36-19-23-40/h9-16,26,30-31,40-41H,2-8,17-24H2,1H3,(H,36,42)(H,37,44)/t30-,31+/m0/s1. The van der Waals surface area contributed by atoms with Gasteiger partial charge in [0.05, 0.1) is 12.7 Å². The van der Waals surface area contributed by atoms with Crippen molar-refractivity contribution in [3.8, 4) is 11.5 Å². The highest BCUT2D eigenvalue weighted by molar-refractivity contribution is 6.00. The van der Waals surface area contributed by atoms with Crippen LogP contribution in [0.4, 0.5) is 0 Å². The molecule has 3 amide bonds. The summed E-state index contributed by atoms with van der Waals surface area (Å²) >= 11 is 0. The summed E-state index contributed by atoms with van der Waals surface area (Å²) in [5.74, 6) is 0.880. The van der Waals surface area contributed by atoms with E-state index in [2.05, 4.69) is 22.5 Å². The molecule has 0 radical (unpaired) electrons. The first-order valence-corrected chi connectivity index (χ1v) is 16.6. The predicted octanol–water partition coefficient (Wildman–Crippen LogP) is 3.60. The Morgan fingerprint density at radius 2 is 1.67 bits per heavy atom. The van der Waals surface area contributed by atoms with Gasteiger partial charge in [-0.1, -0.05) is 44.7 Å². The third-order valence-electron chi connectivity index (χ3n) is 9.73. The van der Waals surface area contributed by atoms with Crippen molar-refractivity contribution in [2.24, 2.45) is 5.92 Å². The molecule has 2 atom stereocenters. The van der Waals surface area contributed by atoms with Crippen molar-refractivity contribution in [1.82, 2.24) is 20.4 Å². The second-order valence-electron chi connectivity index (χ2n) is 12.7. The molecule has 10 heteroatoms. The number of hydrogen-bond donors (Lipinski definition) is 4. The zero-order valence-electron chi connectivity index (χ0n) is 26.4. The number of nitrogens with one attached hydrogen (secondary N) is 2. The Kier molecular flexibility index (Phi) is 11.1. The van der Waals surface area contributed by atoms with E-state index in [0.29, 0.717) is 49.5 Å². The van der Waals surface area contributed by atoms with Gasteiger partial charge in [0, 0.05) is 38.3 Å². The largest absolute Gasteiger partial charge is 0.457 e. The zero-order valence-corrected chi connectivity index (χ0v) is 26.4. The summed E-state index contributed by atoms with van der Waals surface area (Å²) in [4.78, 5) is 43.8. The van der Waals surface area contributed by atoms with E-state index >= 15 is 0 Å². The van der Waals surface area contributed by atoms with Crippen LogP contribution in [-0.4, -0.2) is 88.2 Å². The summed E-state index contributed by atoms with van der Waals surface area (Å²) < 4.78 is 5.96.